The molecule has 2 atom stereocenters. The number of likely N-dealkylation sites (N-methyl/N-ethyl adjacent to an activating group) is 1. The first-order chi connectivity index (χ1) is 9.51. The second-order valence-corrected chi connectivity index (χ2v) is 5.67. The standard InChI is InChI=1S/C15H29N3O2/c1-4-17(5-2)10-11-18(16)15(20)14-9-7-6-8-13(14)12(3)19/h13-14H,4-11,16H2,1-3H3/t13-,14-/m1/s1. The van der Waals surface area contributed by atoms with Crippen molar-refractivity contribution < 1.29 is 9.59 Å². The molecule has 0 aromatic rings. The monoisotopic (exact) mass is 283 g/mol. The highest BCUT2D eigenvalue weighted by atomic mass is 16.2. The number of ketones is 1. The van der Waals surface area contributed by atoms with Crippen molar-refractivity contribution in [3.8, 4) is 0 Å². The highest BCUT2D eigenvalue weighted by Crippen LogP contribution is 2.31. The summed E-state index contributed by atoms with van der Waals surface area (Å²) in [7, 11) is 0. The lowest BCUT2D eigenvalue weighted by Crippen LogP contribution is -2.48. The molecule has 2 N–H and O–H groups in total. The normalized spacial score (nSPS) is 22.9. The molecule has 1 rings (SSSR count). The van der Waals surface area contributed by atoms with E-state index in [1.165, 1.54) is 5.01 Å². The van der Waals surface area contributed by atoms with Gasteiger partial charge in [0.25, 0.3) is 0 Å². The first-order valence-corrected chi connectivity index (χ1v) is 7.80. The molecule has 0 aliphatic heterocycles. The van der Waals surface area contributed by atoms with E-state index in [0.717, 1.165) is 45.3 Å². The van der Waals surface area contributed by atoms with Gasteiger partial charge in [0.05, 0.1) is 0 Å². The number of carbonyl (C=O) groups is 2. The summed E-state index contributed by atoms with van der Waals surface area (Å²) < 4.78 is 0. The van der Waals surface area contributed by atoms with Crippen LogP contribution in [0.25, 0.3) is 0 Å². The van der Waals surface area contributed by atoms with Crippen LogP contribution >= 0.6 is 0 Å². The molecule has 20 heavy (non-hydrogen) atoms. The molecule has 0 aromatic carbocycles. The van der Waals surface area contributed by atoms with Gasteiger partial charge in [-0.2, -0.15) is 0 Å². The molecule has 0 heterocycles. The molecule has 1 aliphatic rings. The van der Waals surface area contributed by atoms with E-state index >= 15 is 0 Å². The van der Waals surface area contributed by atoms with Crippen LogP contribution in [0.3, 0.4) is 0 Å². The fraction of sp³-hybridized carbons (Fsp3) is 0.867. The van der Waals surface area contributed by atoms with E-state index in [1.807, 2.05) is 0 Å². The Kier molecular flexibility index (Phi) is 7.16. The van der Waals surface area contributed by atoms with Gasteiger partial charge in [-0.1, -0.05) is 26.7 Å². The number of carbonyl (C=O) groups excluding carboxylic acids is 2. The molecule has 0 spiro atoms. The van der Waals surface area contributed by atoms with Crippen molar-refractivity contribution in [2.45, 2.75) is 46.5 Å². The smallest absolute Gasteiger partial charge is 0.240 e. The molecule has 0 unspecified atom stereocenters. The fourth-order valence-electron chi connectivity index (χ4n) is 3.03. The molecule has 1 fully saturated rings. The zero-order valence-corrected chi connectivity index (χ0v) is 13.1. The van der Waals surface area contributed by atoms with Crippen LogP contribution < -0.4 is 5.84 Å². The summed E-state index contributed by atoms with van der Waals surface area (Å²) in [5.74, 6) is 5.65. The van der Waals surface area contributed by atoms with E-state index in [2.05, 4.69) is 18.7 Å². The lowest BCUT2D eigenvalue weighted by Gasteiger charge is -2.32. The van der Waals surface area contributed by atoms with Gasteiger partial charge in [-0.15, -0.1) is 0 Å². The molecular weight excluding hydrogens is 254 g/mol. The largest absolute Gasteiger partial charge is 0.302 e. The van der Waals surface area contributed by atoms with Crippen LogP contribution in [0, 0.1) is 11.8 Å². The maximum Gasteiger partial charge on any atom is 0.240 e. The van der Waals surface area contributed by atoms with Gasteiger partial charge in [-0.05, 0) is 32.9 Å². The third-order valence-electron chi connectivity index (χ3n) is 4.44. The molecule has 1 aliphatic carbocycles. The zero-order valence-electron chi connectivity index (χ0n) is 13.1. The summed E-state index contributed by atoms with van der Waals surface area (Å²) in [5.41, 5.74) is 0. The van der Waals surface area contributed by atoms with Crippen LogP contribution in [0.4, 0.5) is 0 Å². The molecule has 5 nitrogen and oxygen atoms in total. The molecule has 1 amide bonds. The van der Waals surface area contributed by atoms with Gasteiger partial charge in [0.15, 0.2) is 0 Å². The molecule has 0 radical (unpaired) electrons. The van der Waals surface area contributed by atoms with Crippen molar-refractivity contribution in [1.82, 2.24) is 9.91 Å². The number of nitrogens with zero attached hydrogens (tertiary/aromatic N) is 2. The number of hydrazine groups is 1. The SMILES string of the molecule is CCN(CC)CCN(N)C(=O)[C@@H]1CCCC[C@@H]1C(C)=O. The van der Waals surface area contributed by atoms with Crippen LogP contribution in [0.5, 0.6) is 0 Å². The van der Waals surface area contributed by atoms with Crippen molar-refractivity contribution in [3.05, 3.63) is 0 Å². The Balaban J connectivity index is 2.55. The van der Waals surface area contributed by atoms with Gasteiger partial charge < -0.3 is 4.90 Å². The van der Waals surface area contributed by atoms with Crippen molar-refractivity contribution in [1.29, 1.82) is 0 Å². The minimum absolute atomic E-state index is 0.0583. The summed E-state index contributed by atoms with van der Waals surface area (Å²) in [6.45, 7) is 9.01. The highest BCUT2D eigenvalue weighted by Gasteiger charge is 2.35. The molecule has 1 saturated carbocycles. The van der Waals surface area contributed by atoms with E-state index in [0.29, 0.717) is 6.54 Å². The maximum atomic E-state index is 12.4. The van der Waals surface area contributed by atoms with Crippen molar-refractivity contribution in [2.24, 2.45) is 17.7 Å². The number of amides is 1. The van der Waals surface area contributed by atoms with Gasteiger partial charge >= 0.3 is 0 Å². The average molecular weight is 283 g/mol. The lowest BCUT2D eigenvalue weighted by atomic mass is 9.76. The number of nitrogens with two attached hydrogens (primary N) is 1. The van der Waals surface area contributed by atoms with Crippen LogP contribution in [-0.2, 0) is 9.59 Å². The second kappa shape index (κ2) is 8.37. The lowest BCUT2D eigenvalue weighted by molar-refractivity contribution is -0.142. The summed E-state index contributed by atoms with van der Waals surface area (Å²) >= 11 is 0. The molecule has 0 saturated heterocycles. The topological polar surface area (TPSA) is 66.6 Å². The Bertz CT molecular complexity index is 329. The predicted molar refractivity (Wildman–Crippen MR) is 79.8 cm³/mol. The van der Waals surface area contributed by atoms with Gasteiger partial charge in [-0.25, -0.2) is 5.84 Å². The van der Waals surface area contributed by atoms with Gasteiger partial charge in [0.1, 0.15) is 5.78 Å². The van der Waals surface area contributed by atoms with Crippen LogP contribution in [0.15, 0.2) is 0 Å². The van der Waals surface area contributed by atoms with Gasteiger partial charge in [-0.3, -0.25) is 14.6 Å². The van der Waals surface area contributed by atoms with E-state index in [-0.39, 0.29) is 23.5 Å². The van der Waals surface area contributed by atoms with E-state index < -0.39 is 0 Å². The van der Waals surface area contributed by atoms with Crippen LogP contribution in [0.2, 0.25) is 0 Å². The van der Waals surface area contributed by atoms with Gasteiger partial charge in [0.2, 0.25) is 5.91 Å². The summed E-state index contributed by atoms with van der Waals surface area (Å²) in [4.78, 5) is 26.3. The zero-order chi connectivity index (χ0) is 15.1. The Morgan fingerprint density at radius 2 is 1.60 bits per heavy atom. The first-order valence-electron chi connectivity index (χ1n) is 7.80. The molecule has 116 valence electrons. The first kappa shape index (κ1) is 17.1. The molecular formula is C15H29N3O2. The van der Waals surface area contributed by atoms with E-state index in [1.54, 1.807) is 6.92 Å². The Hall–Kier alpha value is -0.940. The number of hydrogen-bond acceptors (Lipinski definition) is 4. The average Bonchev–Trinajstić information content (AvgIpc) is 2.47. The van der Waals surface area contributed by atoms with E-state index in [4.69, 9.17) is 5.84 Å². The summed E-state index contributed by atoms with van der Waals surface area (Å²) in [6, 6.07) is 0. The third-order valence-corrected chi connectivity index (χ3v) is 4.44. The third kappa shape index (κ3) is 4.56. The van der Waals surface area contributed by atoms with Crippen molar-refractivity contribution in [3.63, 3.8) is 0 Å². The van der Waals surface area contributed by atoms with Gasteiger partial charge in [0, 0.05) is 24.9 Å². The minimum Gasteiger partial charge on any atom is -0.302 e. The summed E-state index contributed by atoms with van der Waals surface area (Å²) in [6.07, 6.45) is 3.68. The number of rotatable bonds is 7. The molecule has 0 aromatic heterocycles. The quantitative estimate of drug-likeness (QED) is 0.436. The fourth-order valence-corrected chi connectivity index (χ4v) is 3.03. The predicted octanol–water partition coefficient (Wildman–Crippen LogP) is 1.43. The van der Waals surface area contributed by atoms with Crippen LogP contribution in [-0.4, -0.2) is 47.8 Å². The molecule has 0 bridgehead atoms. The van der Waals surface area contributed by atoms with Crippen molar-refractivity contribution >= 4 is 11.7 Å². The highest BCUT2D eigenvalue weighted by molar-refractivity contribution is 5.87. The maximum absolute atomic E-state index is 12.4. The minimum atomic E-state index is -0.206. The Morgan fingerprint density at radius 1 is 1.05 bits per heavy atom. The molecule has 5 heteroatoms. The number of Topliss-reactive ketones (excluding diaryl/α,β-unsaturated/α-hetero) is 1. The summed E-state index contributed by atoms with van der Waals surface area (Å²) in [5, 5.41) is 1.32. The van der Waals surface area contributed by atoms with Crippen molar-refractivity contribution in [2.75, 3.05) is 26.2 Å². The number of hydrogen-bond donors (Lipinski definition) is 1. The second-order valence-electron chi connectivity index (χ2n) is 5.67. The van der Waals surface area contributed by atoms with E-state index in [9.17, 15) is 9.59 Å². The Labute approximate surface area is 122 Å². The Morgan fingerprint density at radius 3 is 2.10 bits per heavy atom. The van der Waals surface area contributed by atoms with Crippen LogP contribution in [0.1, 0.15) is 46.5 Å².